The summed E-state index contributed by atoms with van der Waals surface area (Å²) in [5.74, 6) is 12.5. The summed E-state index contributed by atoms with van der Waals surface area (Å²) in [6.45, 7) is 111. The molecular formula is C114H192N12O13. The molecule has 1 saturated heterocycles. The molecule has 0 bridgehead atoms. The van der Waals surface area contributed by atoms with Crippen molar-refractivity contribution in [1.29, 1.82) is 0 Å². The van der Waals surface area contributed by atoms with Gasteiger partial charge in [0.1, 0.15) is 57.6 Å². The molecule has 1 atom stereocenters. The van der Waals surface area contributed by atoms with Gasteiger partial charge < -0.3 is 59.5 Å². The molecule has 1 unspecified atom stereocenters. The van der Waals surface area contributed by atoms with Gasteiger partial charge in [0, 0.05) is 154 Å². The van der Waals surface area contributed by atoms with Crippen molar-refractivity contribution in [1.82, 2.24) is 61.8 Å². The summed E-state index contributed by atoms with van der Waals surface area (Å²) in [5.41, 5.74) is 10.8. The van der Waals surface area contributed by atoms with Crippen LogP contribution in [0, 0.1) is 6.92 Å². The van der Waals surface area contributed by atoms with E-state index in [9.17, 15) is 5.11 Å². The third kappa shape index (κ3) is 40.5. The standard InChI is InChI=1S/C12H19NO.C12H21NO.C11H17NO2.C11H19NO2.2C11H19NO.C10H18N2O.C10H17NO.2C9H15NO.C8H13NO/c1-11(2,3)10-8-9(13-14-10)12(4)6-5-7-12;1-6-9(7-2)10-8-11(14-13-10)12(3,4)5;1-10(2,3)9-5-8(12-14-9)11(4)6-13-7-11;1-10(2,3)9-6-8(12-14-9)11(4,5)7-13;1-10(2,3)8-7-9(13-12-8)11(4,5)6;1-6-8(2)9-7-10(13-12-9)11(3,4)5;1-9(2,3)7-11-12-8(13-7)10(4,5)6;1-7(2)8-6-9(12-11-8)10(3,4)5;2*1-5-7-6-8(11-10-7)9(2,3)4;1-6-5-7(10-9-6)8(2,3)4/h8H,5-7H2,1-4H3;8-9H,6-7H2,1-5H3;5H,6-7H2,1-4H3;6,13H,7H2,1-5H3;7H,1-6H3;7-8H,6H2,1-5H3;1-6H3;6-7H,1-5H3;2*6H,5H2,1-4H3;5H,1-4H3. The summed E-state index contributed by atoms with van der Waals surface area (Å²) in [6.07, 6.45) is 9.09. The number of aliphatic hydroxyl groups excluding tert-OH is 1. The highest BCUT2D eigenvalue weighted by Gasteiger charge is 2.41. The molecule has 11 aromatic rings. The van der Waals surface area contributed by atoms with E-state index >= 15 is 0 Å². The molecule has 0 aromatic carbocycles. The Morgan fingerprint density at radius 3 is 0.820 bits per heavy atom. The summed E-state index contributed by atoms with van der Waals surface area (Å²) in [6, 6.07) is 20.4. The lowest BCUT2D eigenvalue weighted by Crippen LogP contribution is -2.44. The molecule has 25 nitrogen and oxygen atoms in total. The second kappa shape index (κ2) is 49.4. The third-order valence-electron chi connectivity index (χ3n) is 23.7. The molecule has 25 heteroatoms. The smallest absolute Gasteiger partial charge is 0.221 e. The second-order valence-electron chi connectivity index (χ2n) is 52.7. The van der Waals surface area contributed by atoms with Crippen LogP contribution in [0.25, 0.3) is 0 Å². The van der Waals surface area contributed by atoms with Gasteiger partial charge in [0.15, 0.2) is 0 Å². The highest BCUT2D eigenvalue weighted by molar-refractivity contribution is 5.27. The Labute approximate surface area is 839 Å². The van der Waals surface area contributed by atoms with Gasteiger partial charge in [-0.1, -0.05) is 404 Å². The average molecular weight is 1940 g/mol. The largest absolute Gasteiger partial charge is 0.424 e. The number of rotatable bonds is 12. The van der Waals surface area contributed by atoms with Crippen molar-refractivity contribution in [2.45, 2.75) is 516 Å². The Bertz CT molecular complexity index is 4970. The van der Waals surface area contributed by atoms with Gasteiger partial charge in [-0.2, -0.15) is 0 Å². The Morgan fingerprint density at radius 2 is 0.590 bits per heavy atom. The first kappa shape index (κ1) is 124. The van der Waals surface area contributed by atoms with Crippen LogP contribution >= 0.6 is 0 Å². The van der Waals surface area contributed by atoms with Gasteiger partial charge in [-0.25, -0.2) is 0 Å². The van der Waals surface area contributed by atoms with E-state index in [0.717, 1.165) is 160 Å². The topological polar surface area (TPSA) is 329 Å². The maximum atomic E-state index is 9.18. The SMILES string of the molecule is CC(C)(C)c1cc(C(C)(C)C)on1.CC(C)(C)c1cc(C(C)(C)CO)no1.CC(C)(C)c1cc(C2(C)CCC2)no1.CC(C)(C)c1cc(C2(C)COC2)no1.CC(C)(C)c1nnc(C(C)(C)C)o1.CC(C)c1cc(C(C)(C)C)on1.CCC(C)c1cc(C(C)(C)C)on1.CCC(CC)c1cc(C(C)(C)C)on1.CCc1cc(C(C)(C)C)on1.CCc1cc(C(C)(C)C)on1.Cc1cc(C(C)(C)C)on1. The normalized spacial score (nSPS) is 14.4. The minimum Gasteiger partial charge on any atom is -0.424 e. The summed E-state index contributed by atoms with van der Waals surface area (Å²) in [5, 5.41) is 57.5. The third-order valence-corrected chi connectivity index (χ3v) is 23.7. The van der Waals surface area contributed by atoms with Gasteiger partial charge in [-0.15, -0.1) is 10.2 Å². The van der Waals surface area contributed by atoms with Crippen molar-refractivity contribution in [3.63, 3.8) is 0 Å². The molecule has 1 aliphatic heterocycles. The predicted octanol–water partition coefficient (Wildman–Crippen LogP) is 31.7. The maximum absolute atomic E-state index is 9.18. The summed E-state index contributed by atoms with van der Waals surface area (Å²) in [4.78, 5) is 0. The number of aryl methyl sites for hydroxylation is 3. The van der Waals surface area contributed by atoms with Crippen LogP contribution in [-0.4, -0.2) is 86.7 Å². The van der Waals surface area contributed by atoms with Crippen molar-refractivity contribution in [2.24, 2.45) is 0 Å². The van der Waals surface area contributed by atoms with Gasteiger partial charge in [-0.3, -0.25) is 0 Å². The quantitative estimate of drug-likeness (QED) is 0.119. The molecule has 0 radical (unpaired) electrons. The minimum atomic E-state index is -0.326. The van der Waals surface area contributed by atoms with Gasteiger partial charge in [0.05, 0.1) is 82.2 Å². The molecule has 12 heterocycles. The molecular weight excluding hydrogens is 1750 g/mol. The Morgan fingerprint density at radius 1 is 0.302 bits per heavy atom. The zero-order valence-corrected chi connectivity index (χ0v) is 97.0. The molecule has 1 aliphatic carbocycles. The molecule has 13 rings (SSSR count). The first-order chi connectivity index (χ1) is 62.9. The molecule has 2 aliphatic rings. The van der Waals surface area contributed by atoms with Crippen LogP contribution in [0.5, 0.6) is 0 Å². The van der Waals surface area contributed by atoms with Crippen molar-refractivity contribution in [3.05, 3.63) is 187 Å². The zero-order valence-electron chi connectivity index (χ0n) is 97.0. The first-order valence-electron chi connectivity index (χ1n) is 50.7. The van der Waals surface area contributed by atoms with Crippen molar-refractivity contribution < 1.29 is 59.5 Å². The number of aliphatic hydroxyl groups is 1. The number of aromatic nitrogens is 12. The number of hydrogen-bond acceptors (Lipinski definition) is 25. The fraction of sp³-hybridized carbons (Fsp3) is 0.719. The van der Waals surface area contributed by atoms with E-state index in [0.29, 0.717) is 35.0 Å². The first-order valence-corrected chi connectivity index (χ1v) is 50.7. The van der Waals surface area contributed by atoms with Crippen LogP contribution < -0.4 is 0 Å². The highest BCUT2D eigenvalue weighted by atomic mass is 16.5. The van der Waals surface area contributed by atoms with E-state index in [1.807, 2.05) is 51.1 Å². The van der Waals surface area contributed by atoms with Gasteiger partial charge in [-0.05, 0) is 64.7 Å². The molecule has 1 N–H and O–H groups in total. The minimum absolute atomic E-state index is 0.0310. The summed E-state index contributed by atoms with van der Waals surface area (Å²) >= 11 is 0. The Kier molecular flexibility index (Phi) is 44.2. The van der Waals surface area contributed by atoms with Crippen molar-refractivity contribution in [2.75, 3.05) is 19.8 Å². The lowest BCUT2D eigenvalue weighted by atomic mass is 9.68. The number of nitrogens with zero attached hydrogens (tertiary/aromatic N) is 12. The van der Waals surface area contributed by atoms with Gasteiger partial charge >= 0.3 is 0 Å². The molecule has 0 amide bonds. The number of hydrogen-bond donors (Lipinski definition) is 1. The highest BCUT2D eigenvalue weighted by Crippen LogP contribution is 2.44. The van der Waals surface area contributed by atoms with Crippen LogP contribution in [0.15, 0.2) is 110 Å². The zero-order chi connectivity index (χ0) is 107. The fourth-order valence-electron chi connectivity index (χ4n) is 12.1. The lowest BCUT2D eigenvalue weighted by Gasteiger charge is -2.36. The van der Waals surface area contributed by atoms with Crippen molar-refractivity contribution >= 4 is 0 Å². The summed E-state index contributed by atoms with van der Waals surface area (Å²) in [7, 11) is 0. The van der Waals surface area contributed by atoms with E-state index in [-0.39, 0.29) is 87.8 Å². The van der Waals surface area contributed by atoms with E-state index in [4.69, 9.17) is 54.4 Å². The molecule has 786 valence electrons. The van der Waals surface area contributed by atoms with Crippen LogP contribution in [0.4, 0.5) is 0 Å². The van der Waals surface area contributed by atoms with Crippen LogP contribution in [0.1, 0.15) is 536 Å². The van der Waals surface area contributed by atoms with Crippen LogP contribution in [-0.2, 0) is 104 Å². The van der Waals surface area contributed by atoms with Gasteiger partial charge in [0.2, 0.25) is 11.8 Å². The number of ether oxygens (including phenoxy) is 1. The predicted molar refractivity (Wildman–Crippen MR) is 562 cm³/mol. The maximum Gasteiger partial charge on any atom is 0.221 e. The average Bonchev–Trinajstić information content (AvgIpc) is 1.66. The summed E-state index contributed by atoms with van der Waals surface area (Å²) < 4.78 is 63.4. The van der Waals surface area contributed by atoms with Crippen LogP contribution in [0.2, 0.25) is 0 Å². The Balaban J connectivity index is 0.000000394. The van der Waals surface area contributed by atoms with E-state index in [1.54, 1.807) is 0 Å². The van der Waals surface area contributed by atoms with E-state index < -0.39 is 0 Å². The molecule has 11 aromatic heterocycles. The molecule has 2 fully saturated rings. The second-order valence-corrected chi connectivity index (χ2v) is 52.7. The fourth-order valence-corrected chi connectivity index (χ4v) is 12.1. The molecule has 139 heavy (non-hydrogen) atoms. The molecule has 0 spiro atoms. The van der Waals surface area contributed by atoms with E-state index in [1.165, 1.54) is 19.3 Å². The lowest BCUT2D eigenvalue weighted by molar-refractivity contribution is -0.0532. The van der Waals surface area contributed by atoms with Crippen molar-refractivity contribution in [3.8, 4) is 0 Å². The van der Waals surface area contributed by atoms with Crippen LogP contribution in [0.3, 0.4) is 0 Å². The van der Waals surface area contributed by atoms with E-state index in [2.05, 4.69) is 431 Å². The molecule has 1 saturated carbocycles. The monoisotopic (exact) mass is 1940 g/mol. The van der Waals surface area contributed by atoms with Gasteiger partial charge in [0.25, 0.3) is 0 Å². The Hall–Kier alpha value is -8.84.